The number of carboxylic acid groups (broad SMARTS) is 1. The molecule has 0 saturated heterocycles. The molecule has 0 aromatic heterocycles. The van der Waals surface area contributed by atoms with Gasteiger partial charge in [0.2, 0.25) is 5.91 Å². The van der Waals surface area contributed by atoms with Gasteiger partial charge < -0.3 is 26.7 Å². The summed E-state index contributed by atoms with van der Waals surface area (Å²) >= 11 is 0. The number of amides is 1. The highest BCUT2D eigenvalue weighted by Crippen LogP contribution is 2.21. The van der Waals surface area contributed by atoms with Gasteiger partial charge in [-0.05, 0) is 44.4 Å². The molecule has 0 aliphatic heterocycles. The van der Waals surface area contributed by atoms with Crippen LogP contribution in [0.15, 0.2) is 4.99 Å². The normalized spacial score (nSPS) is 13.7. The Morgan fingerprint density at radius 1 is 0.882 bits per heavy atom. The van der Waals surface area contributed by atoms with Crippen LogP contribution < -0.4 is 16.8 Å². The van der Waals surface area contributed by atoms with E-state index < -0.39 is 36.1 Å². The zero-order valence-electron chi connectivity index (χ0n) is 21.1. The number of hydrogen-bond donors (Lipinski definition) is 4. The van der Waals surface area contributed by atoms with E-state index >= 15 is 0 Å². The van der Waals surface area contributed by atoms with Crippen LogP contribution in [0.1, 0.15) is 79.6 Å². The standard InChI is InChI=1S/C24H42N4O6/c1-14(2)9-18(11-16(5)29)23(34)28-19(10-15(3)4)21(31)12-17(20(30)13-22(32)33)7-6-8-27-24(25)26/h14-15,17-19H,6-13H2,1-5H3,(H,28,34)(H,32,33)(H4,25,26,27)/t17?,18?,19-/m0/s1. The fourth-order valence-corrected chi connectivity index (χ4v) is 3.83. The summed E-state index contributed by atoms with van der Waals surface area (Å²) in [7, 11) is 0. The first kappa shape index (κ1) is 31.2. The van der Waals surface area contributed by atoms with Crippen molar-refractivity contribution in [1.82, 2.24) is 5.32 Å². The van der Waals surface area contributed by atoms with E-state index in [0.717, 1.165) is 0 Å². The molecule has 0 heterocycles. The zero-order chi connectivity index (χ0) is 26.4. The van der Waals surface area contributed by atoms with Gasteiger partial charge in [0.25, 0.3) is 0 Å². The summed E-state index contributed by atoms with van der Waals surface area (Å²) in [5, 5.41) is 11.8. The van der Waals surface area contributed by atoms with Gasteiger partial charge >= 0.3 is 5.97 Å². The molecule has 0 aliphatic carbocycles. The number of rotatable bonds is 18. The van der Waals surface area contributed by atoms with Crippen molar-refractivity contribution in [3.05, 3.63) is 0 Å². The number of guanidine groups is 1. The van der Waals surface area contributed by atoms with Crippen molar-refractivity contribution in [1.29, 1.82) is 0 Å². The molecule has 0 spiro atoms. The molecular formula is C24H42N4O6. The smallest absolute Gasteiger partial charge is 0.310 e. The number of aliphatic carboxylic acids is 1. The summed E-state index contributed by atoms with van der Waals surface area (Å²) in [5.41, 5.74) is 10.6. The predicted molar refractivity (Wildman–Crippen MR) is 130 cm³/mol. The molecule has 3 atom stereocenters. The van der Waals surface area contributed by atoms with Crippen LogP contribution in [0.2, 0.25) is 0 Å². The molecule has 0 fully saturated rings. The van der Waals surface area contributed by atoms with Crippen LogP contribution in [-0.4, -0.2) is 52.9 Å². The van der Waals surface area contributed by atoms with Gasteiger partial charge in [-0.15, -0.1) is 0 Å². The van der Waals surface area contributed by atoms with Crippen molar-refractivity contribution in [3.63, 3.8) is 0 Å². The number of carboxylic acids is 1. The maximum Gasteiger partial charge on any atom is 0.310 e. The predicted octanol–water partition coefficient (Wildman–Crippen LogP) is 1.83. The molecular weight excluding hydrogens is 440 g/mol. The Morgan fingerprint density at radius 2 is 1.47 bits per heavy atom. The first-order valence-corrected chi connectivity index (χ1v) is 11.8. The molecule has 10 heteroatoms. The van der Waals surface area contributed by atoms with Gasteiger partial charge in [-0.3, -0.25) is 24.2 Å². The molecule has 0 radical (unpaired) electrons. The average molecular weight is 483 g/mol. The molecule has 0 bridgehead atoms. The number of nitrogens with two attached hydrogens (primary N) is 2. The summed E-state index contributed by atoms with van der Waals surface area (Å²) < 4.78 is 0. The summed E-state index contributed by atoms with van der Waals surface area (Å²) in [6.45, 7) is 9.42. The fourth-order valence-electron chi connectivity index (χ4n) is 3.83. The Kier molecular flexibility index (Phi) is 14.6. The van der Waals surface area contributed by atoms with E-state index in [9.17, 15) is 24.0 Å². The second kappa shape index (κ2) is 16.0. The summed E-state index contributed by atoms with van der Waals surface area (Å²) in [4.78, 5) is 65.2. The third kappa shape index (κ3) is 14.4. The number of carbonyl (C=O) groups excluding carboxylic acids is 4. The third-order valence-electron chi connectivity index (χ3n) is 5.31. The largest absolute Gasteiger partial charge is 0.481 e. The lowest BCUT2D eigenvalue weighted by atomic mass is 9.86. The Labute approximate surface area is 202 Å². The van der Waals surface area contributed by atoms with Crippen molar-refractivity contribution in [3.8, 4) is 0 Å². The van der Waals surface area contributed by atoms with Crippen molar-refractivity contribution < 1.29 is 29.1 Å². The third-order valence-corrected chi connectivity index (χ3v) is 5.31. The Balaban J connectivity index is 5.54. The molecule has 0 aromatic carbocycles. The quantitative estimate of drug-likeness (QED) is 0.0987. The minimum atomic E-state index is -1.26. The molecule has 0 rings (SSSR count). The molecule has 2 unspecified atom stereocenters. The van der Waals surface area contributed by atoms with E-state index in [1.54, 1.807) is 0 Å². The summed E-state index contributed by atoms with van der Waals surface area (Å²) in [6, 6.07) is -0.827. The summed E-state index contributed by atoms with van der Waals surface area (Å²) in [6.07, 6.45) is 0.751. The van der Waals surface area contributed by atoms with Gasteiger partial charge in [0.15, 0.2) is 11.7 Å². The molecule has 194 valence electrons. The summed E-state index contributed by atoms with van der Waals surface area (Å²) in [5.74, 6) is -3.77. The highest BCUT2D eigenvalue weighted by atomic mass is 16.4. The lowest BCUT2D eigenvalue weighted by Crippen LogP contribution is -2.45. The molecule has 0 aliphatic rings. The van der Waals surface area contributed by atoms with Crippen LogP contribution in [0.4, 0.5) is 0 Å². The number of aliphatic imine (C=N–C) groups is 1. The first-order chi connectivity index (χ1) is 15.7. The number of hydrogen-bond acceptors (Lipinski definition) is 6. The maximum atomic E-state index is 13.2. The van der Waals surface area contributed by atoms with Gasteiger partial charge in [0.1, 0.15) is 18.0 Å². The maximum absolute atomic E-state index is 13.2. The molecule has 0 saturated carbocycles. The topological polar surface area (TPSA) is 182 Å². The molecule has 10 nitrogen and oxygen atoms in total. The van der Waals surface area contributed by atoms with Crippen LogP contribution in [0, 0.1) is 23.7 Å². The Bertz CT molecular complexity index is 744. The highest BCUT2D eigenvalue weighted by molar-refractivity contribution is 5.99. The Hall–Kier alpha value is -2.78. The van der Waals surface area contributed by atoms with Crippen molar-refractivity contribution in [2.24, 2.45) is 40.1 Å². The minimum absolute atomic E-state index is 0.0839. The number of nitrogens with zero attached hydrogens (tertiary/aromatic N) is 1. The van der Waals surface area contributed by atoms with E-state index in [0.29, 0.717) is 19.3 Å². The number of Topliss-reactive ketones (excluding diaryl/α,β-unsaturated/α-hetero) is 3. The second-order valence-corrected chi connectivity index (χ2v) is 9.78. The van der Waals surface area contributed by atoms with Gasteiger partial charge in [-0.1, -0.05) is 27.7 Å². The van der Waals surface area contributed by atoms with Crippen LogP contribution in [-0.2, 0) is 24.0 Å². The lowest BCUT2D eigenvalue weighted by Gasteiger charge is -2.25. The van der Waals surface area contributed by atoms with Crippen LogP contribution in [0.5, 0.6) is 0 Å². The lowest BCUT2D eigenvalue weighted by molar-refractivity contribution is -0.142. The number of ketones is 3. The SMILES string of the molecule is CC(=O)CC(CC(C)C)C(=O)N[C@@H](CC(C)C)C(=O)CC(CCCN=C(N)N)C(=O)CC(=O)O. The number of nitrogens with one attached hydrogen (secondary N) is 1. The van der Waals surface area contributed by atoms with Crippen molar-refractivity contribution in [2.75, 3.05) is 6.54 Å². The van der Waals surface area contributed by atoms with Crippen LogP contribution in [0.3, 0.4) is 0 Å². The number of carbonyl (C=O) groups is 5. The zero-order valence-corrected chi connectivity index (χ0v) is 21.1. The van der Waals surface area contributed by atoms with E-state index in [1.807, 2.05) is 27.7 Å². The monoisotopic (exact) mass is 482 g/mol. The van der Waals surface area contributed by atoms with Crippen LogP contribution >= 0.6 is 0 Å². The van der Waals surface area contributed by atoms with Gasteiger partial charge in [0, 0.05) is 31.2 Å². The second-order valence-electron chi connectivity index (χ2n) is 9.78. The molecule has 0 aromatic rings. The van der Waals surface area contributed by atoms with E-state index in [1.165, 1.54) is 6.92 Å². The molecule has 6 N–H and O–H groups in total. The van der Waals surface area contributed by atoms with Gasteiger partial charge in [-0.25, -0.2) is 0 Å². The van der Waals surface area contributed by atoms with E-state index in [2.05, 4.69) is 10.3 Å². The van der Waals surface area contributed by atoms with E-state index in [4.69, 9.17) is 16.6 Å². The minimum Gasteiger partial charge on any atom is -0.481 e. The molecule has 1 amide bonds. The van der Waals surface area contributed by atoms with Crippen molar-refractivity contribution in [2.45, 2.75) is 85.6 Å². The van der Waals surface area contributed by atoms with Crippen molar-refractivity contribution >= 4 is 35.2 Å². The van der Waals surface area contributed by atoms with Crippen LogP contribution in [0.25, 0.3) is 0 Å². The first-order valence-electron chi connectivity index (χ1n) is 11.8. The van der Waals surface area contributed by atoms with Gasteiger partial charge in [0.05, 0.1) is 6.04 Å². The molecule has 34 heavy (non-hydrogen) atoms. The Morgan fingerprint density at radius 3 is 1.94 bits per heavy atom. The fraction of sp³-hybridized carbons (Fsp3) is 0.750. The highest BCUT2D eigenvalue weighted by Gasteiger charge is 2.31. The van der Waals surface area contributed by atoms with E-state index in [-0.39, 0.29) is 61.1 Å². The van der Waals surface area contributed by atoms with Gasteiger partial charge in [-0.2, -0.15) is 0 Å². The average Bonchev–Trinajstić information content (AvgIpc) is 2.67.